The van der Waals surface area contributed by atoms with E-state index >= 15 is 0 Å². The fourth-order valence-corrected chi connectivity index (χ4v) is 2.80. The summed E-state index contributed by atoms with van der Waals surface area (Å²) >= 11 is 7.27. The van der Waals surface area contributed by atoms with Crippen molar-refractivity contribution in [2.75, 3.05) is 5.73 Å². The smallest absolute Gasteiger partial charge is 0.344 e. The SMILES string of the molecule is CC(C)n1c(Sc2cccc(Cl)c2N)n[nH]c1=O. The predicted octanol–water partition coefficient (Wildman–Crippen LogP) is 2.54. The number of benzene rings is 1. The van der Waals surface area contributed by atoms with Crippen LogP contribution in [0.3, 0.4) is 0 Å². The van der Waals surface area contributed by atoms with Crippen molar-refractivity contribution in [1.29, 1.82) is 0 Å². The minimum absolute atomic E-state index is 0.0270. The van der Waals surface area contributed by atoms with Crippen LogP contribution in [0.15, 0.2) is 33.0 Å². The first-order valence-corrected chi connectivity index (χ1v) is 6.59. The maximum atomic E-state index is 11.6. The zero-order chi connectivity index (χ0) is 13.3. The average molecular weight is 285 g/mol. The highest BCUT2D eigenvalue weighted by Crippen LogP contribution is 2.34. The number of hydrogen-bond acceptors (Lipinski definition) is 4. The largest absolute Gasteiger partial charge is 0.397 e. The van der Waals surface area contributed by atoms with Gasteiger partial charge in [-0.3, -0.25) is 4.57 Å². The Morgan fingerprint density at radius 3 is 2.89 bits per heavy atom. The Kier molecular flexibility index (Phi) is 3.68. The van der Waals surface area contributed by atoms with Crippen molar-refractivity contribution in [1.82, 2.24) is 14.8 Å². The lowest BCUT2D eigenvalue weighted by Crippen LogP contribution is -2.19. The molecule has 0 bridgehead atoms. The van der Waals surface area contributed by atoms with Crippen molar-refractivity contribution in [2.24, 2.45) is 0 Å². The molecule has 3 N–H and O–H groups in total. The number of rotatable bonds is 3. The Labute approximate surface area is 113 Å². The highest BCUT2D eigenvalue weighted by Gasteiger charge is 2.14. The summed E-state index contributed by atoms with van der Waals surface area (Å²) in [6.45, 7) is 3.84. The Bertz CT molecular complexity index is 620. The first-order chi connectivity index (χ1) is 8.50. The van der Waals surface area contributed by atoms with Crippen molar-refractivity contribution in [3.8, 4) is 0 Å². The number of nitrogens with two attached hydrogens (primary N) is 1. The summed E-state index contributed by atoms with van der Waals surface area (Å²) in [5.74, 6) is 0. The van der Waals surface area contributed by atoms with E-state index < -0.39 is 0 Å². The molecule has 1 aromatic carbocycles. The van der Waals surface area contributed by atoms with Crippen LogP contribution in [-0.2, 0) is 0 Å². The van der Waals surface area contributed by atoms with Gasteiger partial charge in [0.15, 0.2) is 5.16 Å². The molecule has 96 valence electrons. The lowest BCUT2D eigenvalue weighted by Gasteiger charge is -2.10. The third kappa shape index (κ3) is 2.39. The standard InChI is InChI=1S/C11H13ClN4OS/c1-6(2)16-10(17)14-15-11(16)18-8-5-3-4-7(12)9(8)13/h3-6H,13H2,1-2H3,(H,14,17). The van der Waals surface area contributed by atoms with Crippen LogP contribution in [0.1, 0.15) is 19.9 Å². The number of aromatic amines is 1. The Morgan fingerprint density at radius 1 is 1.50 bits per heavy atom. The van der Waals surface area contributed by atoms with Gasteiger partial charge in [0.05, 0.1) is 10.7 Å². The number of anilines is 1. The van der Waals surface area contributed by atoms with Gasteiger partial charge in [0.2, 0.25) is 0 Å². The second-order valence-corrected chi connectivity index (χ2v) is 5.45. The molecule has 0 spiro atoms. The van der Waals surface area contributed by atoms with Crippen molar-refractivity contribution in [2.45, 2.75) is 29.9 Å². The van der Waals surface area contributed by atoms with Gasteiger partial charge in [0.25, 0.3) is 0 Å². The lowest BCUT2D eigenvalue weighted by molar-refractivity contribution is 0.534. The maximum absolute atomic E-state index is 11.6. The van der Waals surface area contributed by atoms with E-state index in [0.29, 0.717) is 15.9 Å². The third-order valence-corrected chi connectivity index (χ3v) is 3.78. The normalized spacial score (nSPS) is 11.1. The number of para-hydroxylation sites is 1. The molecule has 0 fully saturated rings. The van der Waals surface area contributed by atoms with E-state index in [1.807, 2.05) is 26.0 Å². The molecule has 0 radical (unpaired) electrons. The number of halogens is 1. The highest BCUT2D eigenvalue weighted by atomic mass is 35.5. The number of hydrogen-bond donors (Lipinski definition) is 2. The van der Waals surface area contributed by atoms with Crippen LogP contribution in [0.2, 0.25) is 5.02 Å². The fraction of sp³-hybridized carbons (Fsp3) is 0.273. The van der Waals surface area contributed by atoms with Crippen LogP contribution in [0, 0.1) is 0 Å². The van der Waals surface area contributed by atoms with Crippen LogP contribution >= 0.6 is 23.4 Å². The Morgan fingerprint density at radius 2 is 2.22 bits per heavy atom. The molecule has 0 unspecified atom stereocenters. The molecule has 0 amide bonds. The molecule has 2 aromatic rings. The summed E-state index contributed by atoms with van der Waals surface area (Å²) in [5.41, 5.74) is 6.15. The van der Waals surface area contributed by atoms with E-state index in [4.69, 9.17) is 17.3 Å². The molecule has 2 rings (SSSR count). The quantitative estimate of drug-likeness (QED) is 0.849. The average Bonchev–Trinajstić information content (AvgIpc) is 2.66. The molecule has 0 aliphatic rings. The molecule has 1 aromatic heterocycles. The molecular formula is C11H13ClN4OS. The van der Waals surface area contributed by atoms with Crippen molar-refractivity contribution in [3.63, 3.8) is 0 Å². The zero-order valence-corrected chi connectivity index (χ0v) is 11.5. The van der Waals surface area contributed by atoms with Crippen LogP contribution in [0.4, 0.5) is 5.69 Å². The van der Waals surface area contributed by atoms with Crippen LogP contribution < -0.4 is 11.4 Å². The van der Waals surface area contributed by atoms with Gasteiger partial charge in [0, 0.05) is 10.9 Å². The van der Waals surface area contributed by atoms with Gasteiger partial charge in [-0.25, -0.2) is 9.89 Å². The van der Waals surface area contributed by atoms with Gasteiger partial charge in [-0.1, -0.05) is 17.7 Å². The Hall–Kier alpha value is -1.40. The monoisotopic (exact) mass is 284 g/mol. The number of aromatic nitrogens is 3. The van der Waals surface area contributed by atoms with Gasteiger partial charge in [-0.05, 0) is 37.7 Å². The van der Waals surface area contributed by atoms with E-state index in [9.17, 15) is 4.79 Å². The van der Waals surface area contributed by atoms with Gasteiger partial charge >= 0.3 is 5.69 Å². The van der Waals surface area contributed by atoms with Crippen LogP contribution in [-0.4, -0.2) is 14.8 Å². The summed E-state index contributed by atoms with van der Waals surface area (Å²) in [4.78, 5) is 12.4. The molecule has 7 heteroatoms. The second kappa shape index (κ2) is 5.07. The van der Waals surface area contributed by atoms with Gasteiger partial charge in [-0.15, -0.1) is 5.10 Å². The molecule has 18 heavy (non-hydrogen) atoms. The van der Waals surface area contributed by atoms with E-state index in [-0.39, 0.29) is 11.7 Å². The summed E-state index contributed by atoms with van der Waals surface area (Å²) in [6.07, 6.45) is 0. The topological polar surface area (TPSA) is 76.7 Å². The molecule has 0 saturated heterocycles. The summed E-state index contributed by atoms with van der Waals surface area (Å²) in [7, 11) is 0. The number of nitrogens with zero attached hydrogens (tertiary/aromatic N) is 2. The van der Waals surface area contributed by atoms with E-state index in [0.717, 1.165) is 4.90 Å². The number of nitrogen functional groups attached to an aromatic ring is 1. The predicted molar refractivity (Wildman–Crippen MR) is 73.2 cm³/mol. The minimum atomic E-state index is -0.229. The highest BCUT2D eigenvalue weighted by molar-refractivity contribution is 7.99. The summed E-state index contributed by atoms with van der Waals surface area (Å²) in [5, 5.41) is 7.50. The molecule has 0 saturated carbocycles. The first kappa shape index (κ1) is 13.0. The first-order valence-electron chi connectivity index (χ1n) is 5.39. The van der Waals surface area contributed by atoms with Crippen molar-refractivity contribution in [3.05, 3.63) is 33.7 Å². The van der Waals surface area contributed by atoms with E-state index in [1.54, 1.807) is 10.6 Å². The van der Waals surface area contributed by atoms with Crippen LogP contribution in [0.25, 0.3) is 0 Å². The van der Waals surface area contributed by atoms with E-state index in [2.05, 4.69) is 10.2 Å². The maximum Gasteiger partial charge on any atom is 0.344 e. The molecule has 0 aliphatic carbocycles. The summed E-state index contributed by atoms with van der Waals surface area (Å²) in [6, 6.07) is 5.40. The molecule has 1 heterocycles. The third-order valence-electron chi connectivity index (χ3n) is 2.40. The second-order valence-electron chi connectivity index (χ2n) is 4.03. The lowest BCUT2D eigenvalue weighted by atomic mass is 10.3. The number of H-pyrrole nitrogens is 1. The molecule has 0 aliphatic heterocycles. The summed E-state index contributed by atoms with van der Waals surface area (Å²) < 4.78 is 1.57. The Balaban J connectivity index is 2.41. The van der Waals surface area contributed by atoms with Crippen LogP contribution in [0.5, 0.6) is 0 Å². The van der Waals surface area contributed by atoms with Gasteiger partial charge in [0.1, 0.15) is 0 Å². The van der Waals surface area contributed by atoms with Gasteiger partial charge in [-0.2, -0.15) is 0 Å². The van der Waals surface area contributed by atoms with Crippen molar-refractivity contribution < 1.29 is 0 Å². The van der Waals surface area contributed by atoms with Gasteiger partial charge < -0.3 is 5.73 Å². The van der Waals surface area contributed by atoms with Crippen molar-refractivity contribution >= 4 is 29.1 Å². The molecule has 5 nitrogen and oxygen atoms in total. The molecular weight excluding hydrogens is 272 g/mol. The fourth-order valence-electron chi connectivity index (χ4n) is 1.52. The molecule has 0 atom stereocenters. The van der Waals surface area contributed by atoms with E-state index in [1.165, 1.54) is 11.8 Å². The number of nitrogens with one attached hydrogen (secondary N) is 1. The zero-order valence-electron chi connectivity index (χ0n) is 9.98. The minimum Gasteiger partial charge on any atom is -0.397 e.